The summed E-state index contributed by atoms with van der Waals surface area (Å²) in [5, 5.41) is 2.78. The fourth-order valence-electron chi connectivity index (χ4n) is 2.28. The second-order valence-electron chi connectivity index (χ2n) is 5.63. The van der Waals surface area contributed by atoms with Gasteiger partial charge in [-0.05, 0) is 35.7 Å². The van der Waals surface area contributed by atoms with Crippen LogP contribution in [0.15, 0.2) is 42.5 Å². The molecule has 1 aliphatic heterocycles. The van der Waals surface area contributed by atoms with E-state index in [1.54, 1.807) is 18.2 Å². The number of amides is 1. The van der Waals surface area contributed by atoms with Gasteiger partial charge in [0.15, 0.2) is 18.1 Å². The summed E-state index contributed by atoms with van der Waals surface area (Å²) < 4.78 is 16.1. The van der Waals surface area contributed by atoms with Gasteiger partial charge in [0.2, 0.25) is 6.79 Å². The van der Waals surface area contributed by atoms with Crippen LogP contribution in [-0.2, 0) is 4.79 Å². The summed E-state index contributed by atoms with van der Waals surface area (Å²) in [5.41, 5.74) is 1.83. The number of carbonyl (C=O) groups excluding carboxylic acids is 1. The van der Waals surface area contributed by atoms with Gasteiger partial charge >= 0.3 is 0 Å². The van der Waals surface area contributed by atoms with E-state index in [0.29, 0.717) is 28.9 Å². The lowest BCUT2D eigenvalue weighted by molar-refractivity contribution is -0.118. The van der Waals surface area contributed by atoms with Crippen molar-refractivity contribution in [3.05, 3.63) is 48.0 Å². The van der Waals surface area contributed by atoms with Crippen LogP contribution >= 0.6 is 0 Å². The minimum absolute atomic E-state index is 0.0456. The first-order valence-electron chi connectivity index (χ1n) is 7.54. The maximum absolute atomic E-state index is 12.0. The predicted octanol–water partition coefficient (Wildman–Crippen LogP) is 3.56. The molecule has 2 aromatic carbocycles. The van der Waals surface area contributed by atoms with Crippen LogP contribution in [0.5, 0.6) is 17.2 Å². The summed E-state index contributed by atoms with van der Waals surface area (Å²) in [6.07, 6.45) is 0. The number of nitrogens with one attached hydrogen (secondary N) is 1. The molecule has 0 atom stereocenters. The Hall–Kier alpha value is -2.69. The van der Waals surface area contributed by atoms with Crippen molar-refractivity contribution in [1.82, 2.24) is 0 Å². The third-order valence-electron chi connectivity index (χ3n) is 3.55. The second-order valence-corrected chi connectivity index (χ2v) is 5.63. The molecule has 0 bridgehead atoms. The molecule has 0 aromatic heterocycles. The second kappa shape index (κ2) is 6.60. The molecule has 1 N–H and O–H groups in total. The van der Waals surface area contributed by atoms with Gasteiger partial charge in [-0.3, -0.25) is 4.79 Å². The third kappa shape index (κ3) is 3.74. The molecule has 0 fully saturated rings. The lowest BCUT2D eigenvalue weighted by Crippen LogP contribution is -2.20. The van der Waals surface area contributed by atoms with E-state index in [1.165, 1.54) is 5.56 Å². The standard InChI is InChI=1S/C18H19NO4/c1-12(2)13-4-3-5-15(8-13)21-10-18(20)19-14-6-7-16-17(9-14)23-11-22-16/h3-9,12H,10-11H2,1-2H3,(H,19,20). The maximum atomic E-state index is 12.0. The van der Waals surface area contributed by atoms with Gasteiger partial charge in [-0.2, -0.15) is 0 Å². The van der Waals surface area contributed by atoms with E-state index in [-0.39, 0.29) is 19.3 Å². The van der Waals surface area contributed by atoms with E-state index in [9.17, 15) is 4.79 Å². The first-order chi connectivity index (χ1) is 11.1. The summed E-state index contributed by atoms with van der Waals surface area (Å²) in [6.45, 7) is 4.40. The molecule has 0 radical (unpaired) electrons. The molecule has 0 unspecified atom stereocenters. The molecule has 23 heavy (non-hydrogen) atoms. The molecule has 5 heteroatoms. The van der Waals surface area contributed by atoms with Crippen LogP contribution < -0.4 is 19.5 Å². The van der Waals surface area contributed by atoms with Crippen molar-refractivity contribution < 1.29 is 19.0 Å². The molecule has 0 aliphatic carbocycles. The van der Waals surface area contributed by atoms with Crippen LogP contribution in [0, 0.1) is 0 Å². The first-order valence-corrected chi connectivity index (χ1v) is 7.54. The Labute approximate surface area is 135 Å². The van der Waals surface area contributed by atoms with Crippen molar-refractivity contribution in [2.24, 2.45) is 0 Å². The topological polar surface area (TPSA) is 56.8 Å². The molecular weight excluding hydrogens is 294 g/mol. The maximum Gasteiger partial charge on any atom is 0.262 e. The monoisotopic (exact) mass is 313 g/mol. The van der Waals surface area contributed by atoms with Crippen molar-refractivity contribution in [2.45, 2.75) is 19.8 Å². The Morgan fingerprint density at radius 2 is 2.00 bits per heavy atom. The number of hydrogen-bond donors (Lipinski definition) is 1. The number of anilines is 1. The lowest BCUT2D eigenvalue weighted by Gasteiger charge is -2.10. The molecule has 3 rings (SSSR count). The minimum atomic E-state index is -0.223. The van der Waals surface area contributed by atoms with Gasteiger partial charge in [0.1, 0.15) is 5.75 Å². The highest BCUT2D eigenvalue weighted by atomic mass is 16.7. The molecule has 0 saturated heterocycles. The molecular formula is C18H19NO4. The van der Waals surface area contributed by atoms with Gasteiger partial charge < -0.3 is 19.5 Å². The number of ether oxygens (including phenoxy) is 3. The van der Waals surface area contributed by atoms with Crippen LogP contribution in [0.2, 0.25) is 0 Å². The highest BCUT2D eigenvalue weighted by Gasteiger charge is 2.14. The molecule has 0 spiro atoms. The molecule has 1 aliphatic rings. The zero-order valence-electron chi connectivity index (χ0n) is 13.2. The third-order valence-corrected chi connectivity index (χ3v) is 3.55. The number of carbonyl (C=O) groups is 1. The largest absolute Gasteiger partial charge is 0.484 e. The fraction of sp³-hybridized carbons (Fsp3) is 0.278. The zero-order valence-corrected chi connectivity index (χ0v) is 13.2. The number of rotatable bonds is 5. The average molecular weight is 313 g/mol. The summed E-state index contributed by atoms with van der Waals surface area (Å²) in [6, 6.07) is 13.1. The molecule has 5 nitrogen and oxygen atoms in total. The minimum Gasteiger partial charge on any atom is -0.484 e. The van der Waals surface area contributed by atoms with Crippen molar-refractivity contribution in [3.8, 4) is 17.2 Å². The average Bonchev–Trinajstić information content (AvgIpc) is 3.01. The zero-order chi connectivity index (χ0) is 16.2. The Balaban J connectivity index is 1.56. The van der Waals surface area contributed by atoms with Crippen LogP contribution in [-0.4, -0.2) is 19.3 Å². The summed E-state index contributed by atoms with van der Waals surface area (Å²) in [5.74, 6) is 2.20. The fourth-order valence-corrected chi connectivity index (χ4v) is 2.28. The molecule has 0 saturated carbocycles. The van der Waals surface area contributed by atoms with Crippen molar-refractivity contribution in [3.63, 3.8) is 0 Å². The Morgan fingerprint density at radius 1 is 1.17 bits per heavy atom. The van der Waals surface area contributed by atoms with Crippen LogP contribution in [0.4, 0.5) is 5.69 Å². The van der Waals surface area contributed by atoms with Crippen molar-refractivity contribution in [2.75, 3.05) is 18.7 Å². The summed E-state index contributed by atoms with van der Waals surface area (Å²) in [4.78, 5) is 12.0. The van der Waals surface area contributed by atoms with Crippen LogP contribution in [0.3, 0.4) is 0 Å². The van der Waals surface area contributed by atoms with E-state index in [4.69, 9.17) is 14.2 Å². The first kappa shape index (κ1) is 15.2. The highest BCUT2D eigenvalue weighted by Crippen LogP contribution is 2.34. The van der Waals surface area contributed by atoms with E-state index >= 15 is 0 Å². The van der Waals surface area contributed by atoms with Crippen LogP contribution in [0.25, 0.3) is 0 Å². The predicted molar refractivity (Wildman–Crippen MR) is 87.2 cm³/mol. The van der Waals surface area contributed by atoms with Gasteiger partial charge in [-0.25, -0.2) is 0 Å². The molecule has 1 heterocycles. The SMILES string of the molecule is CC(C)c1cccc(OCC(=O)Nc2ccc3c(c2)OCO3)c1. The molecule has 120 valence electrons. The van der Waals surface area contributed by atoms with Gasteiger partial charge in [-0.1, -0.05) is 26.0 Å². The number of hydrogen-bond acceptors (Lipinski definition) is 4. The van der Waals surface area contributed by atoms with E-state index < -0.39 is 0 Å². The van der Waals surface area contributed by atoms with Crippen molar-refractivity contribution >= 4 is 11.6 Å². The Kier molecular flexibility index (Phi) is 4.37. The van der Waals surface area contributed by atoms with Gasteiger partial charge in [-0.15, -0.1) is 0 Å². The van der Waals surface area contributed by atoms with Crippen molar-refractivity contribution in [1.29, 1.82) is 0 Å². The summed E-state index contributed by atoms with van der Waals surface area (Å²) in [7, 11) is 0. The van der Waals surface area contributed by atoms with E-state index in [0.717, 1.165) is 0 Å². The number of benzene rings is 2. The van der Waals surface area contributed by atoms with E-state index in [2.05, 4.69) is 19.2 Å². The molecule has 1 amide bonds. The smallest absolute Gasteiger partial charge is 0.262 e. The van der Waals surface area contributed by atoms with Gasteiger partial charge in [0.05, 0.1) is 0 Å². The van der Waals surface area contributed by atoms with Crippen LogP contribution in [0.1, 0.15) is 25.3 Å². The Bertz CT molecular complexity index is 712. The normalized spacial score (nSPS) is 12.3. The lowest BCUT2D eigenvalue weighted by atomic mass is 10.0. The molecule has 2 aromatic rings. The van der Waals surface area contributed by atoms with Gasteiger partial charge in [0.25, 0.3) is 5.91 Å². The quantitative estimate of drug-likeness (QED) is 0.917. The van der Waals surface area contributed by atoms with E-state index in [1.807, 2.05) is 24.3 Å². The highest BCUT2D eigenvalue weighted by molar-refractivity contribution is 5.92. The number of fused-ring (bicyclic) bond motifs is 1. The summed E-state index contributed by atoms with van der Waals surface area (Å²) >= 11 is 0. The van der Waals surface area contributed by atoms with Gasteiger partial charge in [0, 0.05) is 11.8 Å². The Morgan fingerprint density at radius 3 is 2.83 bits per heavy atom.